The van der Waals surface area contributed by atoms with E-state index in [1.165, 1.54) is 19.4 Å². The number of ether oxygens (including phenoxy) is 1. The zero-order valence-electron chi connectivity index (χ0n) is 15.1. The second kappa shape index (κ2) is 6.90. The Morgan fingerprint density at radius 1 is 1.32 bits per heavy atom. The van der Waals surface area contributed by atoms with Crippen LogP contribution in [0.25, 0.3) is 0 Å². The van der Waals surface area contributed by atoms with E-state index in [0.717, 1.165) is 44.3 Å². The van der Waals surface area contributed by atoms with Crippen LogP contribution >= 0.6 is 0 Å². The molecule has 1 saturated carbocycles. The summed E-state index contributed by atoms with van der Waals surface area (Å²) in [5, 5.41) is 0. The van der Waals surface area contributed by atoms with Crippen molar-refractivity contribution in [3.8, 4) is 0 Å². The van der Waals surface area contributed by atoms with Crippen LogP contribution < -0.4 is 4.90 Å². The third-order valence-corrected chi connectivity index (χ3v) is 6.00. The van der Waals surface area contributed by atoms with Crippen molar-refractivity contribution < 1.29 is 9.53 Å². The highest BCUT2D eigenvalue weighted by Gasteiger charge is 2.54. The van der Waals surface area contributed by atoms with Gasteiger partial charge in [0.1, 0.15) is 0 Å². The number of anilines is 1. The number of aromatic nitrogens is 2. The Hall–Kier alpha value is -1.69. The second-order valence-corrected chi connectivity index (χ2v) is 7.81. The fourth-order valence-electron chi connectivity index (χ4n) is 4.56. The first-order valence-electron chi connectivity index (χ1n) is 9.63. The maximum Gasteiger partial charge on any atom is 0.314 e. The fourth-order valence-corrected chi connectivity index (χ4v) is 4.56. The molecule has 2 saturated heterocycles. The highest BCUT2D eigenvalue weighted by atomic mass is 16.5. The Labute approximate surface area is 149 Å². The van der Waals surface area contributed by atoms with Crippen molar-refractivity contribution in [2.75, 3.05) is 44.2 Å². The molecule has 2 atom stereocenters. The van der Waals surface area contributed by atoms with Crippen molar-refractivity contribution in [1.82, 2.24) is 14.9 Å². The molecule has 136 valence electrons. The molecule has 3 fully saturated rings. The Kier molecular flexibility index (Phi) is 4.63. The van der Waals surface area contributed by atoms with E-state index in [2.05, 4.69) is 19.8 Å². The molecule has 0 radical (unpaired) electrons. The molecule has 1 aromatic heterocycles. The van der Waals surface area contributed by atoms with Crippen LogP contribution in [0, 0.1) is 17.3 Å². The van der Waals surface area contributed by atoms with Crippen molar-refractivity contribution in [3.05, 3.63) is 18.5 Å². The van der Waals surface area contributed by atoms with Gasteiger partial charge < -0.3 is 14.5 Å². The van der Waals surface area contributed by atoms with Crippen LogP contribution in [-0.4, -0.2) is 60.2 Å². The summed E-state index contributed by atoms with van der Waals surface area (Å²) in [5.41, 5.74) is -0.409. The molecule has 2 aliphatic heterocycles. The van der Waals surface area contributed by atoms with Crippen LogP contribution in [0.15, 0.2) is 18.5 Å². The number of nitrogens with zero attached hydrogens (tertiary/aromatic N) is 4. The molecule has 0 spiro atoms. The molecule has 0 N–H and O–H groups in total. The normalized spacial score (nSPS) is 30.0. The Morgan fingerprint density at radius 2 is 2.12 bits per heavy atom. The molecular weight excluding hydrogens is 316 g/mol. The smallest absolute Gasteiger partial charge is 0.314 e. The van der Waals surface area contributed by atoms with E-state index in [1.807, 2.05) is 13.0 Å². The van der Waals surface area contributed by atoms with Gasteiger partial charge in [-0.1, -0.05) is 0 Å². The molecular formula is C19H28N4O2. The first-order valence-corrected chi connectivity index (χ1v) is 9.63. The van der Waals surface area contributed by atoms with Gasteiger partial charge in [-0.3, -0.25) is 4.79 Å². The number of fused-ring (bicyclic) bond motifs is 1. The van der Waals surface area contributed by atoms with E-state index in [-0.39, 0.29) is 11.9 Å². The average molecular weight is 344 g/mol. The van der Waals surface area contributed by atoms with Crippen molar-refractivity contribution in [2.24, 2.45) is 17.3 Å². The lowest BCUT2D eigenvalue weighted by Gasteiger charge is -2.31. The van der Waals surface area contributed by atoms with Gasteiger partial charge in [0.15, 0.2) is 0 Å². The predicted octanol–water partition coefficient (Wildman–Crippen LogP) is 1.97. The first kappa shape index (κ1) is 16.8. The number of hydrogen-bond acceptors (Lipinski definition) is 6. The Balaban J connectivity index is 1.58. The quantitative estimate of drug-likeness (QED) is 0.761. The largest absolute Gasteiger partial charge is 0.466 e. The van der Waals surface area contributed by atoms with Crippen LogP contribution in [0.4, 0.5) is 5.95 Å². The molecule has 0 aromatic carbocycles. The zero-order valence-corrected chi connectivity index (χ0v) is 15.1. The maximum absolute atomic E-state index is 13.0. The third-order valence-electron chi connectivity index (χ3n) is 6.00. The second-order valence-electron chi connectivity index (χ2n) is 7.81. The molecule has 3 aliphatic rings. The molecule has 1 aromatic rings. The molecule has 3 heterocycles. The first-order chi connectivity index (χ1) is 12.2. The lowest BCUT2D eigenvalue weighted by atomic mass is 9.75. The summed E-state index contributed by atoms with van der Waals surface area (Å²) >= 11 is 0. The van der Waals surface area contributed by atoms with Gasteiger partial charge in [0, 0.05) is 44.5 Å². The van der Waals surface area contributed by atoms with Crippen molar-refractivity contribution in [2.45, 2.75) is 32.6 Å². The summed E-state index contributed by atoms with van der Waals surface area (Å²) in [7, 11) is 0. The van der Waals surface area contributed by atoms with E-state index in [1.54, 1.807) is 12.4 Å². The van der Waals surface area contributed by atoms with Crippen molar-refractivity contribution in [1.29, 1.82) is 0 Å². The van der Waals surface area contributed by atoms with Gasteiger partial charge in [0.05, 0.1) is 12.0 Å². The fraction of sp³-hybridized carbons (Fsp3) is 0.737. The molecule has 6 heteroatoms. The number of esters is 1. The predicted molar refractivity (Wildman–Crippen MR) is 95.2 cm³/mol. The van der Waals surface area contributed by atoms with Gasteiger partial charge in [-0.25, -0.2) is 9.97 Å². The minimum atomic E-state index is -0.409. The van der Waals surface area contributed by atoms with Gasteiger partial charge in [-0.05, 0) is 51.1 Å². The van der Waals surface area contributed by atoms with Crippen LogP contribution in [0.5, 0.6) is 0 Å². The maximum atomic E-state index is 13.0. The van der Waals surface area contributed by atoms with Crippen LogP contribution in [0.2, 0.25) is 0 Å². The summed E-state index contributed by atoms with van der Waals surface area (Å²) in [6.07, 6.45) is 8.24. The zero-order chi connectivity index (χ0) is 17.3. The highest BCUT2D eigenvalue weighted by molar-refractivity contribution is 5.79. The van der Waals surface area contributed by atoms with Crippen LogP contribution in [0.1, 0.15) is 32.6 Å². The van der Waals surface area contributed by atoms with Crippen LogP contribution in [-0.2, 0) is 9.53 Å². The number of rotatable bonds is 5. The van der Waals surface area contributed by atoms with E-state index in [4.69, 9.17) is 4.74 Å². The van der Waals surface area contributed by atoms with Crippen LogP contribution in [0.3, 0.4) is 0 Å². The van der Waals surface area contributed by atoms with Gasteiger partial charge in [-0.2, -0.15) is 0 Å². The molecule has 6 nitrogen and oxygen atoms in total. The summed E-state index contributed by atoms with van der Waals surface area (Å²) in [4.78, 5) is 26.5. The van der Waals surface area contributed by atoms with Crippen molar-refractivity contribution in [3.63, 3.8) is 0 Å². The van der Waals surface area contributed by atoms with Gasteiger partial charge in [-0.15, -0.1) is 0 Å². The summed E-state index contributed by atoms with van der Waals surface area (Å²) in [6.45, 7) is 7.14. The van der Waals surface area contributed by atoms with E-state index in [9.17, 15) is 4.79 Å². The number of carbonyl (C=O) groups is 1. The van der Waals surface area contributed by atoms with E-state index < -0.39 is 5.41 Å². The van der Waals surface area contributed by atoms with Gasteiger partial charge >= 0.3 is 5.97 Å². The van der Waals surface area contributed by atoms with E-state index in [0.29, 0.717) is 13.2 Å². The number of carbonyl (C=O) groups excluding carboxylic acids is 1. The standard InChI is InChI=1S/C19H28N4O2/c1-2-25-17(24)19-7-3-10-22(11-15-5-6-15)12-16(19)13-23(14-19)18-20-8-4-9-21-18/h4,8-9,15-16H,2-3,5-7,10-14H2,1H3/t16-,19-/m0/s1. The molecule has 0 unspecified atom stereocenters. The molecule has 4 rings (SSSR count). The molecule has 0 amide bonds. The van der Waals surface area contributed by atoms with Gasteiger partial charge in [0.2, 0.25) is 5.95 Å². The Morgan fingerprint density at radius 3 is 2.84 bits per heavy atom. The summed E-state index contributed by atoms with van der Waals surface area (Å²) in [5.74, 6) is 1.88. The molecule has 0 bridgehead atoms. The topological polar surface area (TPSA) is 58.6 Å². The monoisotopic (exact) mass is 344 g/mol. The van der Waals surface area contributed by atoms with Crippen molar-refractivity contribution >= 4 is 11.9 Å². The van der Waals surface area contributed by atoms with Gasteiger partial charge in [0.25, 0.3) is 0 Å². The molecule has 1 aliphatic carbocycles. The number of hydrogen-bond donors (Lipinski definition) is 0. The Bertz CT molecular complexity index is 607. The lowest BCUT2D eigenvalue weighted by Crippen LogP contribution is -2.43. The minimum absolute atomic E-state index is 0.0216. The summed E-state index contributed by atoms with van der Waals surface area (Å²) in [6, 6.07) is 1.83. The lowest BCUT2D eigenvalue weighted by molar-refractivity contribution is -0.157. The SMILES string of the molecule is CCOC(=O)[C@]12CCCN(CC3CC3)C[C@H]1CN(c1ncccn1)C2. The molecule has 25 heavy (non-hydrogen) atoms. The third kappa shape index (κ3) is 3.36. The average Bonchev–Trinajstić information content (AvgIpc) is 3.39. The summed E-state index contributed by atoms with van der Waals surface area (Å²) < 4.78 is 5.53. The highest BCUT2D eigenvalue weighted by Crippen LogP contribution is 2.45. The number of likely N-dealkylation sites (tertiary alicyclic amines) is 1. The minimum Gasteiger partial charge on any atom is -0.466 e. The van der Waals surface area contributed by atoms with E-state index >= 15 is 0 Å².